The molecule has 2 aliphatic heterocycles. The Kier molecular flexibility index (Phi) is 11.3. The molecule has 0 saturated heterocycles. The van der Waals surface area contributed by atoms with Gasteiger partial charge in [0.2, 0.25) is 0 Å². The van der Waals surface area contributed by atoms with Gasteiger partial charge in [-0.2, -0.15) is 39.5 Å². The van der Waals surface area contributed by atoms with Crippen molar-refractivity contribution in [2.75, 3.05) is 21.3 Å². The molecule has 2 heterocycles. The molecule has 4 N–H and O–H groups in total. The number of benzene rings is 9. The van der Waals surface area contributed by atoms with Crippen LogP contribution in [0.3, 0.4) is 0 Å². The van der Waals surface area contributed by atoms with Gasteiger partial charge in [-0.1, -0.05) is 66.7 Å². The number of aryl methyl sites for hydroxylation is 3. The minimum Gasteiger partial charge on any atom is -0.399 e. The van der Waals surface area contributed by atoms with E-state index >= 15 is 13.2 Å². The number of nitrogens with two attached hydrogens (primary N) is 2. The molecule has 0 aromatic heterocycles. The zero-order chi connectivity index (χ0) is 54.9. The van der Waals surface area contributed by atoms with Crippen LogP contribution in [0.15, 0.2) is 146 Å². The number of nitrogen functional groups attached to an aromatic ring is 2. The van der Waals surface area contributed by atoms with Gasteiger partial charge < -0.3 is 11.5 Å². The van der Waals surface area contributed by atoms with Gasteiger partial charge in [-0.05, 0) is 172 Å². The smallest absolute Gasteiger partial charge is 0.399 e. The fourth-order valence-corrected chi connectivity index (χ4v) is 10.8. The molecule has 0 bridgehead atoms. The van der Waals surface area contributed by atoms with E-state index in [4.69, 9.17) is 11.5 Å². The van der Waals surface area contributed by atoms with Crippen LogP contribution in [-0.4, -0.2) is 23.6 Å². The van der Waals surface area contributed by atoms with Crippen molar-refractivity contribution in [1.29, 1.82) is 0 Å². The average Bonchev–Trinajstić information content (AvgIpc) is 3.42. The first-order valence-corrected chi connectivity index (χ1v) is 23.6. The largest absolute Gasteiger partial charge is 0.417 e. The maximum absolute atomic E-state index is 15.6. The maximum Gasteiger partial charge on any atom is 0.417 e. The van der Waals surface area contributed by atoms with E-state index < -0.39 is 58.8 Å². The molecule has 0 saturated carbocycles. The average molecular weight is 1050 g/mol. The van der Waals surface area contributed by atoms with E-state index in [1.54, 1.807) is 19.9 Å². The third kappa shape index (κ3) is 8.02. The van der Waals surface area contributed by atoms with Gasteiger partial charge in [-0.25, -0.2) is 9.80 Å². The van der Waals surface area contributed by atoms with Crippen LogP contribution < -0.4 is 21.3 Å². The summed E-state index contributed by atoms with van der Waals surface area (Å²) in [6.07, 6.45) is -14.7. The highest BCUT2D eigenvalue weighted by molar-refractivity contribution is 6.38. The van der Waals surface area contributed by atoms with Crippen LogP contribution in [0.5, 0.6) is 0 Å². The van der Waals surface area contributed by atoms with Gasteiger partial charge in [-0.3, -0.25) is 19.2 Å². The number of nitrogens with zero attached hydrogens (tertiary/aromatic N) is 2. The highest BCUT2D eigenvalue weighted by Crippen LogP contribution is 2.49. The van der Waals surface area contributed by atoms with Crippen LogP contribution >= 0.6 is 0 Å². The fraction of sp³-hybridized carbons (Fsp3) is 0.100. The van der Waals surface area contributed by atoms with E-state index in [1.165, 1.54) is 122 Å². The first-order valence-electron chi connectivity index (χ1n) is 23.6. The molecular weight excluding hydrogens is 1010 g/mol. The second kappa shape index (κ2) is 17.4. The number of halogens is 9. The Hall–Kier alpha value is -9.25. The van der Waals surface area contributed by atoms with Crippen molar-refractivity contribution in [3.8, 4) is 44.5 Å². The van der Waals surface area contributed by atoms with Crippen LogP contribution in [0, 0.1) is 20.8 Å². The van der Waals surface area contributed by atoms with E-state index in [1.807, 2.05) is 0 Å². The van der Waals surface area contributed by atoms with Crippen molar-refractivity contribution in [1.82, 2.24) is 0 Å². The van der Waals surface area contributed by atoms with Crippen molar-refractivity contribution in [2.24, 2.45) is 0 Å². The Balaban J connectivity index is 0.969. The standard InChI is InChI=1S/C60H37F9N4O4/c1-28-22-31(70)10-14-35(28)40-17-13-34(26-50(40)59(64,65)66)73-55(75)44-9-5-7-42-38(19-21-46(53(42)44)57(73)77)48-24-30(3)47(27-51(48)60(67,68)69)37-18-20-45-52-41(37)6-4-8-43(52)54(74)72(56(45)76)33-12-16-36(29(2)23-33)39-15-11-32(71)25-49(39)58(61,62)63/h4-27H,70-71H2,1-3H3. The van der Waals surface area contributed by atoms with Gasteiger partial charge in [0.05, 0.1) is 28.1 Å². The quantitative estimate of drug-likeness (QED) is 0.0970. The highest BCUT2D eigenvalue weighted by atomic mass is 19.4. The number of carbonyl (C=O) groups excluding carboxylic acids is 4. The molecule has 11 rings (SSSR count). The normalized spacial score (nSPS) is 13.9. The summed E-state index contributed by atoms with van der Waals surface area (Å²) in [5, 5.41) is 0.549. The summed E-state index contributed by atoms with van der Waals surface area (Å²) in [4.78, 5) is 58.9. The van der Waals surface area contributed by atoms with Gasteiger partial charge in [0.15, 0.2) is 0 Å². The van der Waals surface area contributed by atoms with Crippen LogP contribution in [0.4, 0.5) is 62.3 Å². The monoisotopic (exact) mass is 1050 g/mol. The van der Waals surface area contributed by atoms with Crippen molar-refractivity contribution in [2.45, 2.75) is 39.3 Å². The molecule has 384 valence electrons. The molecule has 4 amide bonds. The zero-order valence-electron chi connectivity index (χ0n) is 40.4. The number of anilines is 4. The maximum atomic E-state index is 15.6. The zero-order valence-corrected chi connectivity index (χ0v) is 40.4. The molecule has 0 atom stereocenters. The van der Waals surface area contributed by atoms with Gasteiger partial charge >= 0.3 is 18.5 Å². The van der Waals surface area contributed by atoms with Crippen molar-refractivity contribution < 1.29 is 58.7 Å². The number of amides is 4. The summed E-state index contributed by atoms with van der Waals surface area (Å²) in [6, 6.07) is 31.4. The van der Waals surface area contributed by atoms with Crippen molar-refractivity contribution >= 4 is 67.9 Å². The lowest BCUT2D eigenvalue weighted by molar-refractivity contribution is -0.137. The van der Waals surface area contributed by atoms with E-state index in [0.717, 1.165) is 23.1 Å². The Bertz CT molecular complexity index is 4080. The Morgan fingerprint density at radius 3 is 1.16 bits per heavy atom. The van der Waals surface area contributed by atoms with Crippen LogP contribution in [0.25, 0.3) is 66.1 Å². The molecule has 0 radical (unpaired) electrons. The van der Waals surface area contributed by atoms with Gasteiger partial charge in [0.25, 0.3) is 23.6 Å². The molecule has 0 unspecified atom stereocenters. The summed E-state index contributed by atoms with van der Waals surface area (Å²) < 4.78 is 133. The number of imide groups is 2. The van der Waals surface area contributed by atoms with E-state index in [0.29, 0.717) is 33.3 Å². The third-order valence-corrected chi connectivity index (χ3v) is 14.3. The number of carbonyl (C=O) groups is 4. The summed E-state index contributed by atoms with van der Waals surface area (Å²) in [5.41, 5.74) is 9.23. The molecule has 9 aromatic rings. The molecule has 0 fully saturated rings. The van der Waals surface area contributed by atoms with Crippen molar-refractivity contribution in [3.63, 3.8) is 0 Å². The molecule has 0 aliphatic carbocycles. The molecule has 0 spiro atoms. The van der Waals surface area contributed by atoms with Crippen LogP contribution in [0.1, 0.15) is 74.8 Å². The minimum absolute atomic E-state index is 0.00471. The number of alkyl halides is 9. The van der Waals surface area contributed by atoms with Crippen LogP contribution in [-0.2, 0) is 18.5 Å². The second-order valence-electron chi connectivity index (χ2n) is 19.0. The first-order chi connectivity index (χ1) is 36.3. The predicted octanol–water partition coefficient (Wildman–Crippen LogP) is 15.4. The molecule has 2 aliphatic rings. The third-order valence-electron chi connectivity index (χ3n) is 14.3. The Morgan fingerprint density at radius 1 is 0.325 bits per heavy atom. The number of hydrogen-bond acceptors (Lipinski definition) is 6. The predicted molar refractivity (Wildman–Crippen MR) is 276 cm³/mol. The van der Waals surface area contributed by atoms with Gasteiger partial charge in [0.1, 0.15) is 0 Å². The summed E-state index contributed by atoms with van der Waals surface area (Å²) >= 11 is 0. The number of rotatable bonds is 6. The van der Waals surface area contributed by atoms with E-state index in [2.05, 4.69) is 0 Å². The van der Waals surface area contributed by atoms with Gasteiger partial charge in [-0.15, -0.1) is 0 Å². The SMILES string of the molecule is Cc1cc(N2C(=O)c3cccc4c(-c5cc(C(F)(F)F)c(-c6ccc7c8c(cccc68)C(=O)N(c6ccc(-c8ccc(N)cc8C)c(C(F)(F)F)c6)C7=O)cc5C)ccc(c34)C2=O)ccc1-c1ccc(N)cc1C(F)(F)F. The molecular formula is C60H37F9N4O4. The molecule has 8 nitrogen and oxygen atoms in total. The first kappa shape index (κ1) is 49.9. The van der Waals surface area contributed by atoms with E-state index in [9.17, 15) is 45.5 Å². The van der Waals surface area contributed by atoms with E-state index in [-0.39, 0.29) is 105 Å². The molecule has 17 heteroatoms. The van der Waals surface area contributed by atoms with Crippen molar-refractivity contribution in [3.05, 3.63) is 201 Å². The Labute approximate surface area is 431 Å². The van der Waals surface area contributed by atoms with Crippen LogP contribution in [0.2, 0.25) is 0 Å². The molecule has 9 aromatic carbocycles. The fourth-order valence-electron chi connectivity index (χ4n) is 10.8. The summed E-state index contributed by atoms with van der Waals surface area (Å²) in [7, 11) is 0. The lowest BCUT2D eigenvalue weighted by atomic mass is 9.84. The number of hydrogen-bond donors (Lipinski definition) is 2. The lowest BCUT2D eigenvalue weighted by Crippen LogP contribution is -2.40. The lowest BCUT2D eigenvalue weighted by Gasteiger charge is -2.29. The second-order valence-corrected chi connectivity index (χ2v) is 19.0. The minimum atomic E-state index is -5.01. The Morgan fingerprint density at radius 2 is 0.675 bits per heavy atom. The topological polar surface area (TPSA) is 127 Å². The molecule has 77 heavy (non-hydrogen) atoms. The summed E-state index contributed by atoms with van der Waals surface area (Å²) in [5.74, 6) is -3.54. The highest BCUT2D eigenvalue weighted by Gasteiger charge is 2.42. The van der Waals surface area contributed by atoms with Gasteiger partial charge in [0, 0.05) is 44.4 Å². The summed E-state index contributed by atoms with van der Waals surface area (Å²) in [6.45, 7) is 4.70.